The summed E-state index contributed by atoms with van der Waals surface area (Å²) in [5.74, 6) is -0.210. The molecule has 1 amide bonds. The van der Waals surface area contributed by atoms with Crippen LogP contribution in [0.3, 0.4) is 0 Å². The van der Waals surface area contributed by atoms with Crippen LogP contribution >= 0.6 is 11.3 Å². The molecular formula is C24H24N8O2S. The van der Waals surface area contributed by atoms with Crippen LogP contribution in [0, 0.1) is 0 Å². The number of thiazole rings is 1. The van der Waals surface area contributed by atoms with E-state index in [-0.39, 0.29) is 17.0 Å². The lowest BCUT2D eigenvalue weighted by molar-refractivity contribution is 0.0940. The number of likely N-dealkylation sites (tertiary alicyclic amines) is 1. The van der Waals surface area contributed by atoms with Crippen LogP contribution in [-0.4, -0.2) is 65.5 Å². The first-order valence-electron chi connectivity index (χ1n) is 11.5. The van der Waals surface area contributed by atoms with Crippen LogP contribution in [0.15, 0.2) is 42.0 Å². The van der Waals surface area contributed by atoms with E-state index in [0.29, 0.717) is 34.0 Å². The Balaban J connectivity index is 1.29. The number of aromatic nitrogens is 6. The molecule has 11 heteroatoms. The predicted octanol–water partition coefficient (Wildman–Crippen LogP) is 2.85. The zero-order chi connectivity index (χ0) is 24.2. The average molecular weight is 489 g/mol. The number of fused-ring (bicyclic) bond motifs is 5. The lowest BCUT2D eigenvalue weighted by Crippen LogP contribution is -2.43. The highest BCUT2D eigenvalue weighted by atomic mass is 32.1. The number of aromatic amines is 1. The largest absolute Gasteiger partial charge is 0.351 e. The smallest absolute Gasteiger partial charge is 0.261 e. The van der Waals surface area contributed by atoms with Crippen molar-refractivity contribution in [3.8, 4) is 10.4 Å². The molecule has 0 saturated carbocycles. The van der Waals surface area contributed by atoms with Crippen molar-refractivity contribution in [2.75, 3.05) is 19.6 Å². The number of amides is 1. The summed E-state index contributed by atoms with van der Waals surface area (Å²) < 4.78 is 1.69. The Hall–Kier alpha value is -3.70. The maximum atomic E-state index is 13.0. The van der Waals surface area contributed by atoms with Gasteiger partial charge in [-0.15, -0.1) is 11.3 Å². The first-order valence-corrected chi connectivity index (χ1v) is 12.3. The summed E-state index contributed by atoms with van der Waals surface area (Å²) in [7, 11) is 0. The minimum atomic E-state index is -0.268. The van der Waals surface area contributed by atoms with Gasteiger partial charge in [0.15, 0.2) is 0 Å². The molecule has 0 bridgehead atoms. The zero-order valence-electron chi connectivity index (χ0n) is 19.4. The highest BCUT2D eigenvalue weighted by Crippen LogP contribution is 2.32. The zero-order valence-corrected chi connectivity index (χ0v) is 20.2. The van der Waals surface area contributed by atoms with Crippen LogP contribution < -0.4 is 10.9 Å². The summed E-state index contributed by atoms with van der Waals surface area (Å²) >= 11 is 1.44. The maximum absolute atomic E-state index is 13.0. The summed E-state index contributed by atoms with van der Waals surface area (Å²) in [6.07, 6.45) is 10.7. The van der Waals surface area contributed by atoms with Crippen LogP contribution in [0.4, 0.5) is 0 Å². The Morgan fingerprint density at radius 3 is 2.83 bits per heavy atom. The Bertz CT molecular complexity index is 1640. The third kappa shape index (κ3) is 3.76. The fourth-order valence-corrected chi connectivity index (χ4v) is 5.88. The van der Waals surface area contributed by atoms with Gasteiger partial charge >= 0.3 is 0 Å². The summed E-state index contributed by atoms with van der Waals surface area (Å²) in [4.78, 5) is 45.3. The molecule has 1 saturated heterocycles. The van der Waals surface area contributed by atoms with E-state index in [1.54, 1.807) is 23.0 Å². The number of carbonyl (C=O) groups excluding carboxylic acids is 1. The lowest BCUT2D eigenvalue weighted by atomic mass is 10.0. The highest BCUT2D eigenvalue weighted by Gasteiger charge is 2.31. The van der Waals surface area contributed by atoms with Gasteiger partial charge in [-0.1, -0.05) is 0 Å². The molecule has 5 aromatic heterocycles. The van der Waals surface area contributed by atoms with Crippen LogP contribution in [-0.2, 0) is 0 Å². The first-order chi connectivity index (χ1) is 16.9. The normalized spacial score (nSPS) is 15.9. The summed E-state index contributed by atoms with van der Waals surface area (Å²) in [5, 5.41) is 8.08. The van der Waals surface area contributed by atoms with Crippen LogP contribution in [0.2, 0.25) is 0 Å². The van der Waals surface area contributed by atoms with E-state index in [2.05, 4.69) is 49.1 Å². The molecule has 10 nitrogen and oxygen atoms in total. The molecule has 1 aliphatic rings. The van der Waals surface area contributed by atoms with E-state index < -0.39 is 0 Å². The number of H-pyrrole nitrogens is 1. The second kappa shape index (κ2) is 8.21. The van der Waals surface area contributed by atoms with E-state index in [9.17, 15) is 9.59 Å². The van der Waals surface area contributed by atoms with Crippen molar-refractivity contribution in [2.45, 2.75) is 32.2 Å². The molecule has 1 fully saturated rings. The van der Waals surface area contributed by atoms with Gasteiger partial charge in [0.05, 0.1) is 16.0 Å². The van der Waals surface area contributed by atoms with Gasteiger partial charge in [0.1, 0.15) is 27.6 Å². The molecule has 0 aliphatic carbocycles. The van der Waals surface area contributed by atoms with Crippen molar-refractivity contribution < 1.29 is 4.79 Å². The summed E-state index contributed by atoms with van der Waals surface area (Å²) in [6.45, 7) is 6.90. The predicted molar refractivity (Wildman–Crippen MR) is 135 cm³/mol. The second-order valence-corrected chi connectivity index (χ2v) is 10.5. The molecule has 1 aliphatic heterocycles. The van der Waals surface area contributed by atoms with Gasteiger partial charge in [0, 0.05) is 49.0 Å². The molecule has 0 unspecified atom stereocenters. The fraction of sp³-hybridized carbons (Fsp3) is 0.333. The first kappa shape index (κ1) is 21.8. The van der Waals surface area contributed by atoms with E-state index in [0.717, 1.165) is 28.4 Å². The minimum absolute atomic E-state index is 0.175. The Morgan fingerprint density at radius 2 is 2.06 bits per heavy atom. The quantitative estimate of drug-likeness (QED) is 0.390. The molecule has 6 rings (SSSR count). The molecule has 35 heavy (non-hydrogen) atoms. The number of nitrogens with one attached hydrogen (secondary N) is 2. The van der Waals surface area contributed by atoms with Crippen molar-refractivity contribution in [3.63, 3.8) is 0 Å². The number of nitrogens with zero attached hydrogens (tertiary/aromatic N) is 6. The van der Waals surface area contributed by atoms with Crippen molar-refractivity contribution in [3.05, 3.63) is 53.1 Å². The Morgan fingerprint density at radius 1 is 1.23 bits per heavy atom. The number of hydrogen-bond acceptors (Lipinski definition) is 8. The Labute approximate surface area is 204 Å². The van der Waals surface area contributed by atoms with E-state index in [1.165, 1.54) is 36.7 Å². The van der Waals surface area contributed by atoms with Gasteiger partial charge in [0.25, 0.3) is 11.5 Å². The standard InChI is InChI=1S/C24H24N8O2S/c1-24(2)4-3-6-31(24)7-5-27-21(33)14-8-16-19(28-11-14)20-18(22(34)29-16)23-32(30-20)12-17(35-23)15-9-25-13-26-10-15/h8-13H,3-7H2,1-2H3,(H,27,33)(H,29,34). The van der Waals surface area contributed by atoms with Gasteiger partial charge in [-0.3, -0.25) is 19.5 Å². The molecule has 2 N–H and O–H groups in total. The van der Waals surface area contributed by atoms with Gasteiger partial charge < -0.3 is 10.3 Å². The third-order valence-corrected chi connectivity index (χ3v) is 7.89. The van der Waals surface area contributed by atoms with Crippen molar-refractivity contribution >= 4 is 44.0 Å². The van der Waals surface area contributed by atoms with E-state index >= 15 is 0 Å². The summed E-state index contributed by atoms with van der Waals surface area (Å²) in [6, 6.07) is 1.67. The minimum Gasteiger partial charge on any atom is -0.351 e. The molecule has 0 radical (unpaired) electrons. The van der Waals surface area contributed by atoms with Gasteiger partial charge in [-0.2, -0.15) is 5.10 Å². The molecule has 178 valence electrons. The van der Waals surface area contributed by atoms with Crippen molar-refractivity contribution in [2.24, 2.45) is 0 Å². The summed E-state index contributed by atoms with van der Waals surface area (Å²) in [5.41, 5.74) is 2.71. The highest BCUT2D eigenvalue weighted by molar-refractivity contribution is 7.21. The van der Waals surface area contributed by atoms with Crippen LogP contribution in [0.1, 0.15) is 37.0 Å². The average Bonchev–Trinajstić information content (AvgIpc) is 3.51. The molecule has 0 atom stereocenters. The second-order valence-electron chi connectivity index (χ2n) is 9.43. The number of hydrogen-bond donors (Lipinski definition) is 2. The molecule has 6 heterocycles. The van der Waals surface area contributed by atoms with Crippen molar-refractivity contribution in [1.82, 2.24) is 39.8 Å². The topological polar surface area (TPSA) is 121 Å². The Kier molecular flexibility index (Phi) is 5.11. The molecule has 0 spiro atoms. The van der Waals surface area contributed by atoms with Crippen LogP contribution in [0.5, 0.6) is 0 Å². The lowest BCUT2D eigenvalue weighted by Gasteiger charge is -2.31. The SMILES string of the molecule is CC1(C)CCCN1CCNC(=O)c1cnc2c(c1)[nH]c(=O)c1c2nn2cc(-c3cncnc3)sc12. The molecule has 0 aromatic carbocycles. The maximum Gasteiger partial charge on any atom is 0.261 e. The fourth-order valence-electron chi connectivity index (χ4n) is 4.82. The van der Waals surface area contributed by atoms with E-state index in [4.69, 9.17) is 0 Å². The molecular weight excluding hydrogens is 464 g/mol. The van der Waals surface area contributed by atoms with Crippen molar-refractivity contribution in [1.29, 1.82) is 0 Å². The third-order valence-electron chi connectivity index (χ3n) is 6.75. The number of pyridine rings is 2. The van der Waals surface area contributed by atoms with Gasteiger partial charge in [-0.05, 0) is 39.3 Å². The van der Waals surface area contributed by atoms with Crippen LogP contribution in [0.25, 0.3) is 37.2 Å². The number of carbonyl (C=O) groups is 1. The van der Waals surface area contributed by atoms with Gasteiger partial charge in [-0.25, -0.2) is 14.5 Å². The monoisotopic (exact) mass is 488 g/mol. The van der Waals surface area contributed by atoms with Gasteiger partial charge in [0.2, 0.25) is 0 Å². The van der Waals surface area contributed by atoms with E-state index in [1.807, 2.05) is 6.20 Å². The molecule has 5 aromatic rings. The number of rotatable bonds is 5.